The highest BCUT2D eigenvalue weighted by Gasteiger charge is 2.30. The fraction of sp³-hybridized carbons (Fsp3) is 0.739. The number of piperazine rings is 1. The molecule has 1 aromatic carbocycles. The van der Waals surface area contributed by atoms with E-state index < -0.39 is 0 Å². The normalized spacial score (nSPS) is 19.3. The van der Waals surface area contributed by atoms with E-state index in [2.05, 4.69) is 66.5 Å². The molecule has 1 aliphatic heterocycles. The van der Waals surface area contributed by atoms with Gasteiger partial charge in [-0.05, 0) is 65.0 Å². The van der Waals surface area contributed by atoms with E-state index in [4.69, 9.17) is 4.74 Å². The number of nitrogens with one attached hydrogen (secondary N) is 1. The molecule has 4 nitrogen and oxygen atoms in total. The summed E-state index contributed by atoms with van der Waals surface area (Å²) < 4.78 is 6.52. The molecule has 2 unspecified atom stereocenters. The smallest absolute Gasteiger partial charge is 0.119 e. The largest absolute Gasteiger partial charge is 0.489 e. The van der Waals surface area contributed by atoms with Crippen LogP contribution in [0.15, 0.2) is 30.3 Å². The third-order valence-corrected chi connectivity index (χ3v) is 5.50. The second-order valence-electron chi connectivity index (χ2n) is 8.14. The summed E-state index contributed by atoms with van der Waals surface area (Å²) in [6, 6.07) is 10.9. The van der Waals surface area contributed by atoms with E-state index in [-0.39, 0.29) is 6.10 Å². The van der Waals surface area contributed by atoms with Crippen molar-refractivity contribution in [2.75, 3.05) is 46.8 Å². The number of nitrogens with zero attached hydrogens (tertiary/aromatic N) is 2. The predicted octanol–water partition coefficient (Wildman–Crippen LogP) is 4.02. The molecule has 2 rings (SSSR count). The molecular weight excluding hydrogens is 334 g/mol. The van der Waals surface area contributed by atoms with Gasteiger partial charge < -0.3 is 15.0 Å². The Morgan fingerprint density at radius 3 is 2.67 bits per heavy atom. The molecule has 4 heteroatoms. The minimum absolute atomic E-state index is 0.269. The first-order chi connectivity index (χ1) is 13.2. The van der Waals surface area contributed by atoms with E-state index in [1.54, 1.807) is 0 Å². The first-order valence-corrected chi connectivity index (χ1v) is 11.0. The maximum Gasteiger partial charge on any atom is 0.119 e. The van der Waals surface area contributed by atoms with Crippen molar-refractivity contribution in [2.45, 2.75) is 64.0 Å². The number of rotatable bonds is 13. The summed E-state index contributed by atoms with van der Waals surface area (Å²) in [5.41, 5.74) is 0. The number of unbranched alkanes of at least 4 members (excludes halogenated alkanes) is 4. The zero-order chi connectivity index (χ0) is 19.3. The van der Waals surface area contributed by atoms with Crippen molar-refractivity contribution in [1.29, 1.82) is 0 Å². The van der Waals surface area contributed by atoms with Crippen LogP contribution >= 0.6 is 0 Å². The van der Waals surface area contributed by atoms with Gasteiger partial charge in [0.15, 0.2) is 0 Å². The fourth-order valence-corrected chi connectivity index (χ4v) is 3.93. The van der Waals surface area contributed by atoms with Gasteiger partial charge in [0.1, 0.15) is 11.9 Å². The molecule has 27 heavy (non-hydrogen) atoms. The van der Waals surface area contributed by atoms with Gasteiger partial charge in [-0.25, -0.2) is 0 Å². The van der Waals surface area contributed by atoms with Gasteiger partial charge in [-0.3, -0.25) is 4.90 Å². The maximum absolute atomic E-state index is 6.52. The molecule has 0 aliphatic carbocycles. The zero-order valence-electron chi connectivity index (χ0n) is 17.8. The third-order valence-electron chi connectivity index (χ3n) is 5.50. The minimum atomic E-state index is 0.269. The molecule has 1 saturated heterocycles. The van der Waals surface area contributed by atoms with Crippen LogP contribution in [0.1, 0.15) is 51.9 Å². The van der Waals surface area contributed by atoms with Crippen LogP contribution in [0.4, 0.5) is 0 Å². The summed E-state index contributed by atoms with van der Waals surface area (Å²) in [4.78, 5) is 4.96. The van der Waals surface area contributed by atoms with Crippen LogP contribution in [0.25, 0.3) is 0 Å². The Hall–Kier alpha value is -1.10. The van der Waals surface area contributed by atoms with Crippen LogP contribution in [0, 0.1) is 0 Å². The van der Waals surface area contributed by atoms with Crippen LogP contribution in [0.5, 0.6) is 5.75 Å². The van der Waals surface area contributed by atoms with Gasteiger partial charge in [-0.2, -0.15) is 0 Å². The number of para-hydroxylation sites is 1. The van der Waals surface area contributed by atoms with Gasteiger partial charge >= 0.3 is 0 Å². The van der Waals surface area contributed by atoms with Crippen LogP contribution < -0.4 is 10.1 Å². The Bertz CT molecular complexity index is 480. The van der Waals surface area contributed by atoms with E-state index >= 15 is 0 Å². The van der Waals surface area contributed by atoms with Gasteiger partial charge in [0.25, 0.3) is 0 Å². The first-order valence-electron chi connectivity index (χ1n) is 11.0. The maximum atomic E-state index is 6.52. The van der Waals surface area contributed by atoms with E-state index in [0.717, 1.165) is 31.8 Å². The molecular formula is C23H41N3O. The number of benzene rings is 1. The second-order valence-corrected chi connectivity index (χ2v) is 8.14. The van der Waals surface area contributed by atoms with Crippen molar-refractivity contribution >= 4 is 0 Å². The van der Waals surface area contributed by atoms with Gasteiger partial charge in [0.2, 0.25) is 0 Å². The molecule has 154 valence electrons. The number of hydrogen-bond donors (Lipinski definition) is 1. The molecule has 0 radical (unpaired) electrons. The molecule has 0 aromatic heterocycles. The van der Waals surface area contributed by atoms with Crippen LogP contribution in [-0.4, -0.2) is 68.8 Å². The molecule has 1 aliphatic rings. The highest BCUT2D eigenvalue weighted by atomic mass is 16.5. The number of hydrogen-bond acceptors (Lipinski definition) is 4. The molecule has 0 amide bonds. The molecule has 1 aromatic rings. The molecule has 0 bridgehead atoms. The van der Waals surface area contributed by atoms with Crippen molar-refractivity contribution in [3.05, 3.63) is 30.3 Å². The summed E-state index contributed by atoms with van der Waals surface area (Å²) >= 11 is 0. The van der Waals surface area contributed by atoms with E-state index in [0.29, 0.717) is 6.04 Å². The Morgan fingerprint density at radius 2 is 1.93 bits per heavy atom. The van der Waals surface area contributed by atoms with Gasteiger partial charge in [0.05, 0.1) is 6.04 Å². The lowest BCUT2D eigenvalue weighted by Crippen LogP contribution is -2.57. The van der Waals surface area contributed by atoms with E-state index in [1.807, 2.05) is 0 Å². The zero-order valence-corrected chi connectivity index (χ0v) is 17.8. The average molecular weight is 376 g/mol. The fourth-order valence-electron chi connectivity index (χ4n) is 3.93. The van der Waals surface area contributed by atoms with Gasteiger partial charge in [-0.15, -0.1) is 0 Å². The quantitative estimate of drug-likeness (QED) is 0.527. The second kappa shape index (κ2) is 13.1. The Balaban J connectivity index is 1.95. The first kappa shape index (κ1) is 22.2. The van der Waals surface area contributed by atoms with Crippen molar-refractivity contribution in [2.24, 2.45) is 0 Å². The van der Waals surface area contributed by atoms with Gasteiger partial charge in [0, 0.05) is 19.6 Å². The summed E-state index contributed by atoms with van der Waals surface area (Å²) in [6.45, 7) is 7.91. The number of ether oxygens (including phenoxy) is 1. The molecule has 0 saturated carbocycles. The minimum Gasteiger partial charge on any atom is -0.489 e. The standard InChI is InChI=1S/C23H41N3O/c1-4-5-6-10-15-23(27-21-13-8-7-9-14-21)22-20-24-16-19-26(22)18-12-11-17-25(2)3/h7-9,13-14,22-24H,4-6,10-12,15-20H2,1-3H3. The molecule has 1 heterocycles. The van der Waals surface area contributed by atoms with Crippen LogP contribution in [0.3, 0.4) is 0 Å². The molecule has 0 spiro atoms. The van der Waals surface area contributed by atoms with Crippen molar-refractivity contribution in [3.63, 3.8) is 0 Å². The Labute approximate surface area is 167 Å². The summed E-state index contributed by atoms with van der Waals surface area (Å²) in [6.07, 6.45) is 9.14. The van der Waals surface area contributed by atoms with Crippen molar-refractivity contribution < 1.29 is 4.74 Å². The third kappa shape index (κ3) is 8.63. The van der Waals surface area contributed by atoms with E-state index in [9.17, 15) is 0 Å². The molecule has 1 fully saturated rings. The lowest BCUT2D eigenvalue weighted by Gasteiger charge is -2.41. The lowest BCUT2D eigenvalue weighted by atomic mass is 9.99. The van der Waals surface area contributed by atoms with Crippen LogP contribution in [-0.2, 0) is 0 Å². The van der Waals surface area contributed by atoms with Gasteiger partial charge in [-0.1, -0.05) is 44.4 Å². The Kier molecular flexibility index (Phi) is 10.8. The van der Waals surface area contributed by atoms with E-state index in [1.165, 1.54) is 51.6 Å². The molecule has 1 N–H and O–H groups in total. The highest BCUT2D eigenvalue weighted by molar-refractivity contribution is 5.21. The lowest BCUT2D eigenvalue weighted by molar-refractivity contribution is 0.0422. The van der Waals surface area contributed by atoms with Crippen molar-refractivity contribution in [1.82, 2.24) is 15.1 Å². The van der Waals surface area contributed by atoms with Crippen molar-refractivity contribution in [3.8, 4) is 5.75 Å². The average Bonchev–Trinajstić information content (AvgIpc) is 2.69. The summed E-state index contributed by atoms with van der Waals surface area (Å²) in [5.74, 6) is 1.01. The monoisotopic (exact) mass is 375 g/mol. The summed E-state index contributed by atoms with van der Waals surface area (Å²) in [7, 11) is 4.32. The topological polar surface area (TPSA) is 27.7 Å². The highest BCUT2D eigenvalue weighted by Crippen LogP contribution is 2.21. The SMILES string of the molecule is CCCCCCC(Oc1ccccc1)C1CNCCN1CCCCN(C)C. The predicted molar refractivity (Wildman–Crippen MR) is 116 cm³/mol. The molecule has 2 atom stereocenters. The van der Waals surface area contributed by atoms with Crippen LogP contribution in [0.2, 0.25) is 0 Å². The summed E-state index contributed by atoms with van der Waals surface area (Å²) in [5, 5.41) is 3.61. The Morgan fingerprint density at radius 1 is 1.11 bits per heavy atom.